The van der Waals surface area contributed by atoms with Gasteiger partial charge in [0.15, 0.2) is 0 Å². The number of carbonyl (C=O) groups is 1. The zero-order valence-electron chi connectivity index (χ0n) is 18.4. The van der Waals surface area contributed by atoms with E-state index >= 15 is 0 Å². The van der Waals surface area contributed by atoms with Gasteiger partial charge in [-0.15, -0.1) is 0 Å². The molecule has 30 heavy (non-hydrogen) atoms. The van der Waals surface area contributed by atoms with E-state index in [-0.39, 0.29) is 18.4 Å². The molecule has 0 radical (unpaired) electrons. The molecular weight excluding hydrogens is 383 g/mol. The van der Waals surface area contributed by atoms with Crippen molar-refractivity contribution in [2.24, 2.45) is 5.92 Å². The van der Waals surface area contributed by atoms with Gasteiger partial charge in [-0.25, -0.2) is 14.2 Å². The van der Waals surface area contributed by atoms with Crippen molar-refractivity contribution in [3.05, 3.63) is 54.0 Å². The van der Waals surface area contributed by atoms with E-state index in [9.17, 15) is 9.18 Å². The highest BCUT2D eigenvalue weighted by Crippen LogP contribution is 2.23. The van der Waals surface area contributed by atoms with Gasteiger partial charge in [-0.2, -0.15) is 0 Å². The van der Waals surface area contributed by atoms with E-state index < -0.39 is 0 Å². The molecule has 0 fully saturated rings. The molecule has 0 atom stereocenters. The number of nitrogens with one attached hydrogen (secondary N) is 1. The third kappa shape index (κ3) is 7.63. The van der Waals surface area contributed by atoms with Crippen molar-refractivity contribution in [1.82, 2.24) is 20.1 Å². The molecule has 1 aromatic carbocycles. The van der Waals surface area contributed by atoms with Gasteiger partial charge < -0.3 is 19.9 Å². The number of halogens is 1. The van der Waals surface area contributed by atoms with Gasteiger partial charge in [-0.3, -0.25) is 0 Å². The minimum Gasteiger partial charge on any atom is -0.439 e. The van der Waals surface area contributed by atoms with Crippen LogP contribution in [0, 0.1) is 11.7 Å². The molecule has 0 aliphatic heterocycles. The van der Waals surface area contributed by atoms with E-state index in [1.54, 1.807) is 24.4 Å². The first-order valence-corrected chi connectivity index (χ1v) is 10.5. The third-order valence-corrected chi connectivity index (χ3v) is 4.74. The van der Waals surface area contributed by atoms with Gasteiger partial charge >= 0.3 is 6.03 Å². The highest BCUT2D eigenvalue weighted by Gasteiger charge is 2.16. The van der Waals surface area contributed by atoms with Gasteiger partial charge in [0.1, 0.15) is 11.6 Å². The maximum absolute atomic E-state index is 13.4. The molecule has 2 amide bonds. The first kappa shape index (κ1) is 23.6. The second-order valence-electron chi connectivity index (χ2n) is 7.55. The van der Waals surface area contributed by atoms with E-state index in [0.717, 1.165) is 25.2 Å². The number of aromatic nitrogens is 1. The minimum absolute atomic E-state index is 0.114. The number of ether oxygens (including phenoxy) is 1. The number of carbonyl (C=O) groups excluding carboxylic acids is 1. The molecular formula is C23H33FN4O2. The second kappa shape index (κ2) is 12.1. The van der Waals surface area contributed by atoms with Crippen molar-refractivity contribution in [2.75, 3.05) is 32.7 Å². The largest absolute Gasteiger partial charge is 0.439 e. The first-order valence-electron chi connectivity index (χ1n) is 10.5. The van der Waals surface area contributed by atoms with Crippen LogP contribution in [0.2, 0.25) is 0 Å². The summed E-state index contributed by atoms with van der Waals surface area (Å²) in [7, 11) is 0. The molecule has 0 unspecified atom stereocenters. The Bertz CT molecular complexity index is 796. The third-order valence-electron chi connectivity index (χ3n) is 4.74. The van der Waals surface area contributed by atoms with Crippen LogP contribution >= 0.6 is 0 Å². The topological polar surface area (TPSA) is 57.7 Å². The summed E-state index contributed by atoms with van der Waals surface area (Å²) in [6, 6.07) is 9.41. The Hall–Kier alpha value is -2.67. The summed E-state index contributed by atoms with van der Waals surface area (Å²) >= 11 is 0. The number of urea groups is 1. The number of nitrogens with zero attached hydrogens (tertiary/aromatic N) is 3. The zero-order chi connectivity index (χ0) is 21.9. The lowest BCUT2D eigenvalue weighted by molar-refractivity contribution is 0.177. The van der Waals surface area contributed by atoms with Crippen LogP contribution in [-0.2, 0) is 6.54 Å². The number of pyridine rings is 1. The fraction of sp³-hybridized carbons (Fsp3) is 0.478. The summed E-state index contributed by atoms with van der Waals surface area (Å²) < 4.78 is 19.2. The summed E-state index contributed by atoms with van der Waals surface area (Å²) in [5.74, 6) is 0.706. The predicted octanol–water partition coefficient (Wildman–Crippen LogP) is 4.52. The van der Waals surface area contributed by atoms with Gasteiger partial charge in [-0.05, 0) is 37.2 Å². The molecule has 0 saturated heterocycles. The number of likely N-dealkylation sites (N-methyl/N-ethyl adjacent to an activating group) is 1. The normalized spacial score (nSPS) is 11.0. The van der Waals surface area contributed by atoms with E-state index in [1.165, 1.54) is 12.1 Å². The van der Waals surface area contributed by atoms with Crippen LogP contribution in [0.15, 0.2) is 42.6 Å². The predicted molar refractivity (Wildman–Crippen MR) is 117 cm³/mol. The van der Waals surface area contributed by atoms with Crippen LogP contribution in [0.25, 0.3) is 0 Å². The molecule has 0 aliphatic carbocycles. The standard InChI is InChI=1S/C23H33FN4O2/c1-5-27(6-2)13-14-28(17-18(3)4)23(29)26-16-19-9-8-12-25-22(19)30-21-11-7-10-20(24)15-21/h7-12,15,18H,5-6,13-14,16-17H2,1-4H3,(H,26,29). The number of hydrogen-bond donors (Lipinski definition) is 1. The Labute approximate surface area is 179 Å². The summed E-state index contributed by atoms with van der Waals surface area (Å²) in [6.45, 7) is 12.8. The molecule has 7 heteroatoms. The molecule has 0 saturated carbocycles. The first-order chi connectivity index (χ1) is 14.4. The van der Waals surface area contributed by atoms with Crippen LogP contribution in [0.1, 0.15) is 33.3 Å². The van der Waals surface area contributed by atoms with E-state index in [4.69, 9.17) is 4.74 Å². The van der Waals surface area contributed by atoms with E-state index in [0.29, 0.717) is 30.6 Å². The van der Waals surface area contributed by atoms with Crippen molar-refractivity contribution in [3.8, 4) is 11.6 Å². The molecule has 6 nitrogen and oxygen atoms in total. The molecule has 0 spiro atoms. The molecule has 1 heterocycles. The van der Waals surface area contributed by atoms with E-state index in [1.807, 2.05) is 11.0 Å². The summed E-state index contributed by atoms with van der Waals surface area (Å²) in [5.41, 5.74) is 0.725. The molecule has 0 bridgehead atoms. The van der Waals surface area contributed by atoms with Crippen LogP contribution in [0.5, 0.6) is 11.6 Å². The average Bonchev–Trinajstić information content (AvgIpc) is 2.72. The number of hydrogen-bond acceptors (Lipinski definition) is 4. The van der Waals surface area contributed by atoms with Crippen molar-refractivity contribution >= 4 is 6.03 Å². The van der Waals surface area contributed by atoms with Crippen LogP contribution in [0.3, 0.4) is 0 Å². The number of rotatable bonds is 11. The van der Waals surface area contributed by atoms with Crippen molar-refractivity contribution in [1.29, 1.82) is 0 Å². The Kier molecular flexibility index (Phi) is 9.54. The molecule has 0 aliphatic rings. The van der Waals surface area contributed by atoms with Crippen LogP contribution in [0.4, 0.5) is 9.18 Å². The zero-order valence-corrected chi connectivity index (χ0v) is 18.4. The van der Waals surface area contributed by atoms with Gasteiger partial charge in [0.25, 0.3) is 0 Å². The molecule has 1 N–H and O–H groups in total. The van der Waals surface area contributed by atoms with Gasteiger partial charge in [0, 0.05) is 44.0 Å². The molecule has 164 valence electrons. The average molecular weight is 417 g/mol. The lowest BCUT2D eigenvalue weighted by Gasteiger charge is -2.28. The quantitative estimate of drug-likeness (QED) is 0.585. The highest BCUT2D eigenvalue weighted by molar-refractivity contribution is 5.74. The summed E-state index contributed by atoms with van der Waals surface area (Å²) in [6.07, 6.45) is 1.61. The Balaban J connectivity index is 2.02. The van der Waals surface area contributed by atoms with Crippen molar-refractivity contribution < 1.29 is 13.9 Å². The number of benzene rings is 1. The van der Waals surface area contributed by atoms with Gasteiger partial charge in [-0.1, -0.05) is 39.8 Å². The second-order valence-corrected chi connectivity index (χ2v) is 7.55. The van der Waals surface area contributed by atoms with Gasteiger partial charge in [0.05, 0.1) is 0 Å². The fourth-order valence-electron chi connectivity index (χ4n) is 3.09. The smallest absolute Gasteiger partial charge is 0.317 e. The maximum Gasteiger partial charge on any atom is 0.317 e. The fourth-order valence-corrected chi connectivity index (χ4v) is 3.09. The maximum atomic E-state index is 13.4. The van der Waals surface area contributed by atoms with Gasteiger partial charge in [0.2, 0.25) is 5.88 Å². The Morgan fingerprint density at radius 3 is 2.60 bits per heavy atom. The highest BCUT2D eigenvalue weighted by atomic mass is 19.1. The number of amides is 2. The lowest BCUT2D eigenvalue weighted by Crippen LogP contribution is -2.45. The molecule has 2 rings (SSSR count). The Morgan fingerprint density at radius 1 is 1.17 bits per heavy atom. The minimum atomic E-state index is -0.379. The summed E-state index contributed by atoms with van der Waals surface area (Å²) in [4.78, 5) is 21.2. The SMILES string of the molecule is CCN(CC)CCN(CC(C)C)C(=O)NCc1cccnc1Oc1cccc(F)c1. The van der Waals surface area contributed by atoms with E-state index in [2.05, 4.69) is 42.9 Å². The lowest BCUT2D eigenvalue weighted by atomic mass is 10.2. The van der Waals surface area contributed by atoms with Crippen molar-refractivity contribution in [2.45, 2.75) is 34.2 Å². The van der Waals surface area contributed by atoms with Crippen LogP contribution < -0.4 is 10.1 Å². The monoisotopic (exact) mass is 416 g/mol. The van der Waals surface area contributed by atoms with Crippen LogP contribution in [-0.4, -0.2) is 53.5 Å². The molecule has 2 aromatic rings. The summed E-state index contributed by atoms with van der Waals surface area (Å²) in [5, 5.41) is 2.98. The van der Waals surface area contributed by atoms with Crippen molar-refractivity contribution in [3.63, 3.8) is 0 Å². The Morgan fingerprint density at radius 2 is 1.93 bits per heavy atom. The molecule has 1 aromatic heterocycles.